The lowest BCUT2D eigenvalue weighted by molar-refractivity contribution is -0.000209. The van der Waals surface area contributed by atoms with Crippen LogP contribution in [-0.4, -0.2) is 29.2 Å². The van der Waals surface area contributed by atoms with Crippen LogP contribution in [0.15, 0.2) is 12.2 Å². The predicted molar refractivity (Wildman–Crippen MR) is 67.8 cm³/mol. The molecule has 0 N–H and O–H groups in total. The van der Waals surface area contributed by atoms with Crippen LogP contribution in [0.25, 0.3) is 0 Å². The van der Waals surface area contributed by atoms with Crippen molar-refractivity contribution in [1.82, 2.24) is 4.90 Å². The molecule has 1 fully saturated rings. The summed E-state index contributed by atoms with van der Waals surface area (Å²) < 4.78 is 5.49. The minimum absolute atomic E-state index is 0.137. The van der Waals surface area contributed by atoms with Crippen LogP contribution in [0.1, 0.15) is 46.5 Å². The molecular weight excluding hydrogens is 214 g/mol. The Hall–Kier alpha value is -0.990. The van der Waals surface area contributed by atoms with Crippen LogP contribution in [0.4, 0.5) is 4.79 Å². The first-order chi connectivity index (χ1) is 7.97. The van der Waals surface area contributed by atoms with E-state index in [4.69, 9.17) is 4.74 Å². The topological polar surface area (TPSA) is 29.5 Å². The van der Waals surface area contributed by atoms with Crippen LogP contribution in [-0.2, 0) is 4.74 Å². The zero-order valence-electron chi connectivity index (χ0n) is 11.1. The lowest BCUT2D eigenvalue weighted by atomic mass is 9.82. The number of piperidine rings is 1. The van der Waals surface area contributed by atoms with Gasteiger partial charge in [-0.1, -0.05) is 12.2 Å². The van der Waals surface area contributed by atoms with E-state index in [-0.39, 0.29) is 6.09 Å². The standard InChI is InChI=1S/C14H23NO2/c1-14(2,3)17-13(16)15-10-6-8-11-7-4-5-9-12(11)15/h4-5,11-12H,6-10H2,1-3H3/t11-,12-/m0/s1. The lowest BCUT2D eigenvalue weighted by Crippen LogP contribution is -2.50. The molecule has 0 aromatic heterocycles. The fourth-order valence-electron chi connectivity index (χ4n) is 2.79. The average Bonchev–Trinajstić information content (AvgIpc) is 2.26. The fourth-order valence-corrected chi connectivity index (χ4v) is 2.79. The van der Waals surface area contributed by atoms with E-state index in [0.29, 0.717) is 12.0 Å². The molecule has 3 heteroatoms. The number of fused-ring (bicyclic) bond motifs is 1. The molecule has 1 aliphatic carbocycles. The third-order valence-electron chi connectivity index (χ3n) is 3.53. The third kappa shape index (κ3) is 3.02. The van der Waals surface area contributed by atoms with Crippen LogP contribution < -0.4 is 0 Å². The molecule has 17 heavy (non-hydrogen) atoms. The van der Waals surface area contributed by atoms with Crippen LogP contribution in [0.5, 0.6) is 0 Å². The van der Waals surface area contributed by atoms with E-state index in [1.54, 1.807) is 0 Å². The molecule has 1 saturated heterocycles. The van der Waals surface area contributed by atoms with Crippen molar-refractivity contribution in [3.05, 3.63) is 12.2 Å². The van der Waals surface area contributed by atoms with Gasteiger partial charge in [0, 0.05) is 12.6 Å². The maximum absolute atomic E-state index is 12.1. The summed E-state index contributed by atoms with van der Waals surface area (Å²) in [7, 11) is 0. The van der Waals surface area contributed by atoms with Gasteiger partial charge in [-0.3, -0.25) is 0 Å². The molecule has 0 bridgehead atoms. The summed E-state index contributed by atoms with van der Waals surface area (Å²) in [5.41, 5.74) is -0.394. The lowest BCUT2D eigenvalue weighted by Gasteiger charge is -2.42. The number of ether oxygens (including phenoxy) is 1. The first-order valence-corrected chi connectivity index (χ1v) is 6.62. The number of allylic oxidation sites excluding steroid dienone is 1. The number of carbonyl (C=O) groups is 1. The first-order valence-electron chi connectivity index (χ1n) is 6.62. The second kappa shape index (κ2) is 4.71. The molecule has 2 rings (SSSR count). The first kappa shape index (κ1) is 12.5. The van der Waals surface area contributed by atoms with E-state index >= 15 is 0 Å². The molecule has 0 aromatic carbocycles. The largest absolute Gasteiger partial charge is 0.444 e. The van der Waals surface area contributed by atoms with E-state index in [1.165, 1.54) is 6.42 Å². The van der Waals surface area contributed by atoms with Crippen molar-refractivity contribution in [3.63, 3.8) is 0 Å². The Morgan fingerprint density at radius 1 is 1.29 bits per heavy atom. The van der Waals surface area contributed by atoms with E-state index in [0.717, 1.165) is 25.8 Å². The van der Waals surface area contributed by atoms with Gasteiger partial charge in [-0.2, -0.15) is 0 Å². The molecule has 0 unspecified atom stereocenters. The van der Waals surface area contributed by atoms with Crippen molar-refractivity contribution in [1.29, 1.82) is 0 Å². The summed E-state index contributed by atoms with van der Waals surface area (Å²) >= 11 is 0. The molecular formula is C14H23NO2. The van der Waals surface area contributed by atoms with Crippen LogP contribution in [0.3, 0.4) is 0 Å². The van der Waals surface area contributed by atoms with Gasteiger partial charge in [0.1, 0.15) is 5.60 Å². The zero-order valence-corrected chi connectivity index (χ0v) is 11.1. The second-order valence-corrected chi connectivity index (χ2v) is 6.09. The Labute approximate surface area is 104 Å². The Morgan fingerprint density at radius 2 is 2.00 bits per heavy atom. The minimum Gasteiger partial charge on any atom is -0.444 e. The summed E-state index contributed by atoms with van der Waals surface area (Å²) in [6.07, 6.45) is 8.77. The number of likely N-dealkylation sites (tertiary alicyclic amines) is 1. The maximum atomic E-state index is 12.1. The second-order valence-electron chi connectivity index (χ2n) is 6.09. The molecule has 0 spiro atoms. The summed E-state index contributed by atoms with van der Waals surface area (Å²) in [5, 5.41) is 0. The maximum Gasteiger partial charge on any atom is 0.410 e. The van der Waals surface area contributed by atoms with Crippen molar-refractivity contribution < 1.29 is 9.53 Å². The molecule has 0 aromatic rings. The summed E-state index contributed by atoms with van der Waals surface area (Å²) in [4.78, 5) is 14.1. The third-order valence-corrected chi connectivity index (χ3v) is 3.53. The molecule has 1 aliphatic heterocycles. The highest BCUT2D eigenvalue weighted by Crippen LogP contribution is 2.32. The highest BCUT2D eigenvalue weighted by atomic mass is 16.6. The van der Waals surface area contributed by atoms with Gasteiger partial charge in [0.15, 0.2) is 0 Å². The van der Waals surface area contributed by atoms with Crippen molar-refractivity contribution in [2.24, 2.45) is 5.92 Å². The molecule has 0 radical (unpaired) electrons. The van der Waals surface area contributed by atoms with Gasteiger partial charge in [-0.05, 0) is 52.4 Å². The van der Waals surface area contributed by atoms with Crippen molar-refractivity contribution >= 4 is 6.09 Å². The Kier molecular flexibility index (Phi) is 3.45. The van der Waals surface area contributed by atoms with Gasteiger partial charge in [0.2, 0.25) is 0 Å². The molecule has 1 heterocycles. The SMILES string of the molecule is CC(C)(C)OC(=O)N1CCC[C@@H]2CC=CC[C@@H]21. The van der Waals surface area contributed by atoms with Gasteiger partial charge in [-0.25, -0.2) is 4.79 Å². The predicted octanol–water partition coefficient (Wildman–Crippen LogP) is 3.35. The van der Waals surface area contributed by atoms with Gasteiger partial charge < -0.3 is 9.64 Å². The highest BCUT2D eigenvalue weighted by molar-refractivity contribution is 5.68. The smallest absolute Gasteiger partial charge is 0.410 e. The summed E-state index contributed by atoms with van der Waals surface area (Å²) in [6, 6.07) is 0.364. The average molecular weight is 237 g/mol. The number of hydrogen-bond donors (Lipinski definition) is 0. The van der Waals surface area contributed by atoms with Crippen molar-refractivity contribution in [3.8, 4) is 0 Å². The summed E-state index contributed by atoms with van der Waals surface area (Å²) in [5.74, 6) is 0.640. The van der Waals surface area contributed by atoms with Crippen LogP contribution in [0, 0.1) is 5.92 Å². The molecule has 3 nitrogen and oxygen atoms in total. The van der Waals surface area contributed by atoms with Crippen molar-refractivity contribution in [2.45, 2.75) is 58.1 Å². The Balaban J connectivity index is 2.04. The zero-order chi connectivity index (χ0) is 12.5. The Morgan fingerprint density at radius 3 is 2.71 bits per heavy atom. The Bertz CT molecular complexity index is 317. The van der Waals surface area contributed by atoms with E-state index in [2.05, 4.69) is 12.2 Å². The fraction of sp³-hybridized carbons (Fsp3) is 0.786. The van der Waals surface area contributed by atoms with Crippen molar-refractivity contribution in [2.75, 3.05) is 6.54 Å². The molecule has 2 aliphatic rings. The van der Waals surface area contributed by atoms with E-state index in [9.17, 15) is 4.79 Å². The van der Waals surface area contributed by atoms with E-state index < -0.39 is 5.60 Å². The molecule has 2 atom stereocenters. The van der Waals surface area contributed by atoms with Gasteiger partial charge in [0.05, 0.1) is 0 Å². The van der Waals surface area contributed by atoms with Gasteiger partial charge in [0.25, 0.3) is 0 Å². The number of carbonyl (C=O) groups excluding carboxylic acids is 1. The normalized spacial score (nSPS) is 28.8. The quantitative estimate of drug-likeness (QED) is 0.605. The number of hydrogen-bond acceptors (Lipinski definition) is 2. The van der Waals surface area contributed by atoms with Crippen LogP contribution >= 0.6 is 0 Å². The number of amides is 1. The molecule has 96 valence electrons. The minimum atomic E-state index is -0.394. The van der Waals surface area contributed by atoms with Gasteiger partial charge in [-0.15, -0.1) is 0 Å². The van der Waals surface area contributed by atoms with E-state index in [1.807, 2.05) is 25.7 Å². The number of rotatable bonds is 0. The molecule has 0 saturated carbocycles. The monoisotopic (exact) mass is 237 g/mol. The van der Waals surface area contributed by atoms with Crippen LogP contribution in [0.2, 0.25) is 0 Å². The van der Waals surface area contributed by atoms with Gasteiger partial charge >= 0.3 is 6.09 Å². The molecule has 1 amide bonds. The number of nitrogens with zero attached hydrogens (tertiary/aromatic N) is 1. The summed E-state index contributed by atoms with van der Waals surface area (Å²) in [6.45, 7) is 6.62. The highest BCUT2D eigenvalue weighted by Gasteiger charge is 2.36.